The summed E-state index contributed by atoms with van der Waals surface area (Å²) in [7, 11) is 0. The molecule has 0 bridgehead atoms. The highest BCUT2D eigenvalue weighted by Gasteiger charge is 2.40. The highest BCUT2D eigenvalue weighted by Crippen LogP contribution is 2.45. The predicted molar refractivity (Wildman–Crippen MR) is 144 cm³/mol. The number of rotatable bonds is 6. The van der Waals surface area contributed by atoms with Gasteiger partial charge in [0.2, 0.25) is 0 Å². The number of hydrogen-bond acceptors (Lipinski definition) is 6. The second kappa shape index (κ2) is 9.24. The van der Waals surface area contributed by atoms with Gasteiger partial charge in [0.25, 0.3) is 5.91 Å². The summed E-state index contributed by atoms with van der Waals surface area (Å²) < 4.78 is 1.94. The number of carbonyl (C=O) groups excluding carboxylic acids is 1. The number of carboxylic acid groups (broad SMARTS) is 1. The fourth-order valence-electron chi connectivity index (χ4n) is 5.63. The molecule has 0 radical (unpaired) electrons. The topological polar surface area (TPSA) is 135 Å². The fourth-order valence-corrected chi connectivity index (χ4v) is 5.63. The molecule has 6 rings (SSSR count). The number of hydrogen-bond donors (Lipinski definition) is 3. The van der Waals surface area contributed by atoms with Crippen LogP contribution in [0.3, 0.4) is 0 Å². The van der Waals surface area contributed by atoms with E-state index in [-0.39, 0.29) is 11.8 Å². The lowest BCUT2D eigenvalue weighted by Crippen LogP contribution is -2.33. The first-order valence-corrected chi connectivity index (χ1v) is 13.1. The number of nitrogen functional groups attached to an aromatic ring is 1. The summed E-state index contributed by atoms with van der Waals surface area (Å²) >= 11 is 0. The van der Waals surface area contributed by atoms with E-state index in [1.807, 2.05) is 41.8 Å². The largest absolute Gasteiger partial charge is 0.481 e. The number of anilines is 2. The minimum absolute atomic E-state index is 0.0168. The van der Waals surface area contributed by atoms with Crippen LogP contribution in [-0.2, 0) is 4.79 Å². The van der Waals surface area contributed by atoms with E-state index in [2.05, 4.69) is 15.3 Å². The second-order valence-electron chi connectivity index (χ2n) is 10.8. The Morgan fingerprint density at radius 2 is 1.87 bits per heavy atom. The summed E-state index contributed by atoms with van der Waals surface area (Å²) in [6.45, 7) is 1.82. The van der Waals surface area contributed by atoms with Gasteiger partial charge < -0.3 is 16.2 Å². The Morgan fingerprint density at radius 3 is 2.61 bits per heavy atom. The molecule has 2 aliphatic carbocycles. The van der Waals surface area contributed by atoms with E-state index in [1.54, 1.807) is 24.5 Å². The van der Waals surface area contributed by atoms with Crippen molar-refractivity contribution in [3.8, 4) is 11.3 Å². The molecule has 3 heterocycles. The van der Waals surface area contributed by atoms with E-state index in [9.17, 15) is 14.7 Å². The molecule has 0 saturated heterocycles. The number of fused-ring (bicyclic) bond motifs is 1. The Labute approximate surface area is 220 Å². The van der Waals surface area contributed by atoms with Crippen molar-refractivity contribution in [2.75, 3.05) is 11.1 Å². The molecule has 4 N–H and O–H groups in total. The number of amides is 1. The number of carboxylic acids is 1. The van der Waals surface area contributed by atoms with Gasteiger partial charge >= 0.3 is 5.97 Å². The molecule has 0 aliphatic heterocycles. The van der Waals surface area contributed by atoms with Gasteiger partial charge in [0.15, 0.2) is 0 Å². The van der Waals surface area contributed by atoms with Gasteiger partial charge in [0.05, 0.1) is 5.41 Å². The SMILES string of the molecule is C[C@@]1(C(=O)O)CCC[C@H](c2nc(-c3ccc(C(=O)Nc4cc(C5CC5)ccn4)cc3)c3c(N)nccn23)C1. The average Bonchev–Trinajstić information content (AvgIpc) is 3.69. The maximum absolute atomic E-state index is 12.9. The van der Waals surface area contributed by atoms with Crippen LogP contribution in [0.25, 0.3) is 16.8 Å². The van der Waals surface area contributed by atoms with Crippen LogP contribution in [0.2, 0.25) is 0 Å². The molecule has 2 saturated carbocycles. The molecule has 2 aliphatic rings. The van der Waals surface area contributed by atoms with E-state index in [4.69, 9.17) is 10.7 Å². The molecule has 38 heavy (non-hydrogen) atoms. The minimum Gasteiger partial charge on any atom is -0.481 e. The van der Waals surface area contributed by atoms with Gasteiger partial charge in [-0.3, -0.25) is 14.0 Å². The fraction of sp³-hybridized carbons (Fsp3) is 0.345. The number of carbonyl (C=O) groups is 2. The molecule has 3 aromatic heterocycles. The van der Waals surface area contributed by atoms with Crippen LogP contribution in [0.15, 0.2) is 55.0 Å². The van der Waals surface area contributed by atoms with E-state index in [0.29, 0.717) is 47.2 Å². The number of benzene rings is 1. The summed E-state index contributed by atoms with van der Waals surface area (Å²) in [5, 5.41) is 12.7. The van der Waals surface area contributed by atoms with Gasteiger partial charge in [-0.05, 0) is 74.8 Å². The summed E-state index contributed by atoms with van der Waals surface area (Å²) in [5.74, 6) is 1.25. The van der Waals surface area contributed by atoms with Crippen molar-refractivity contribution >= 4 is 29.0 Å². The van der Waals surface area contributed by atoms with Gasteiger partial charge in [-0.2, -0.15) is 0 Å². The third kappa shape index (κ3) is 4.38. The molecule has 0 unspecified atom stereocenters. The lowest BCUT2D eigenvalue weighted by atomic mass is 9.70. The summed E-state index contributed by atoms with van der Waals surface area (Å²) in [5.41, 5.74) is 9.39. The number of nitrogens with zero attached hydrogens (tertiary/aromatic N) is 4. The van der Waals surface area contributed by atoms with Gasteiger partial charge in [-0.15, -0.1) is 0 Å². The van der Waals surface area contributed by atoms with E-state index in [0.717, 1.165) is 24.2 Å². The standard InChI is InChI=1S/C29H30N6O3/c1-29(28(37)38)11-2-3-21(16-29)26-34-23(24-25(30)32-13-14-35(24)26)18-6-8-19(9-7-18)27(36)33-22-15-20(10-12-31-22)17-4-5-17/h6-10,12-15,17,21H,2-5,11,16H2,1H3,(H2,30,32)(H,37,38)(H,31,33,36)/t21-,29+/m0/s1. The van der Waals surface area contributed by atoms with Crippen molar-refractivity contribution in [2.24, 2.45) is 5.41 Å². The van der Waals surface area contributed by atoms with Gasteiger partial charge in [0, 0.05) is 35.6 Å². The zero-order valence-corrected chi connectivity index (χ0v) is 21.2. The average molecular weight is 511 g/mol. The Balaban J connectivity index is 1.29. The lowest BCUT2D eigenvalue weighted by Gasteiger charge is -2.34. The normalized spacial score (nSPS) is 21.3. The second-order valence-corrected chi connectivity index (χ2v) is 10.8. The van der Waals surface area contributed by atoms with Crippen molar-refractivity contribution in [1.29, 1.82) is 0 Å². The Bertz CT molecular complexity index is 1540. The molecule has 2 fully saturated rings. The van der Waals surface area contributed by atoms with Crippen LogP contribution in [0.4, 0.5) is 11.6 Å². The van der Waals surface area contributed by atoms with Gasteiger partial charge in [0.1, 0.15) is 28.7 Å². The highest BCUT2D eigenvalue weighted by molar-refractivity contribution is 6.04. The van der Waals surface area contributed by atoms with Crippen LogP contribution in [0.1, 0.15) is 79.0 Å². The number of nitrogens with one attached hydrogen (secondary N) is 1. The number of imidazole rings is 1. The van der Waals surface area contributed by atoms with E-state index in [1.165, 1.54) is 18.4 Å². The first-order valence-electron chi connectivity index (χ1n) is 13.1. The molecule has 4 aromatic rings. The van der Waals surface area contributed by atoms with Crippen molar-refractivity contribution < 1.29 is 14.7 Å². The molecule has 9 nitrogen and oxygen atoms in total. The third-order valence-electron chi connectivity index (χ3n) is 7.96. The number of nitrogens with two attached hydrogens (primary N) is 1. The van der Waals surface area contributed by atoms with Crippen molar-refractivity contribution in [2.45, 2.75) is 57.3 Å². The molecule has 9 heteroatoms. The van der Waals surface area contributed by atoms with Crippen LogP contribution >= 0.6 is 0 Å². The Morgan fingerprint density at radius 1 is 1.08 bits per heavy atom. The predicted octanol–water partition coefficient (Wildman–Crippen LogP) is 5.25. The smallest absolute Gasteiger partial charge is 0.309 e. The molecule has 194 valence electrons. The molecule has 1 aromatic carbocycles. The van der Waals surface area contributed by atoms with Crippen LogP contribution in [0.5, 0.6) is 0 Å². The number of pyridine rings is 1. The minimum atomic E-state index is -0.782. The van der Waals surface area contributed by atoms with Crippen LogP contribution < -0.4 is 11.1 Å². The van der Waals surface area contributed by atoms with Gasteiger partial charge in [-0.25, -0.2) is 15.0 Å². The number of aromatic nitrogens is 4. The monoisotopic (exact) mass is 510 g/mol. The van der Waals surface area contributed by atoms with Crippen molar-refractivity contribution in [3.63, 3.8) is 0 Å². The third-order valence-corrected chi connectivity index (χ3v) is 7.96. The number of aliphatic carboxylic acids is 1. The molecule has 0 spiro atoms. The van der Waals surface area contributed by atoms with Gasteiger partial charge in [-0.1, -0.05) is 18.6 Å². The maximum Gasteiger partial charge on any atom is 0.309 e. The Kier molecular flexibility index (Phi) is 5.86. The summed E-state index contributed by atoms with van der Waals surface area (Å²) in [6, 6.07) is 11.2. The lowest BCUT2D eigenvalue weighted by molar-refractivity contribution is -0.150. The first-order chi connectivity index (χ1) is 18.3. The quantitative estimate of drug-likeness (QED) is 0.322. The summed E-state index contributed by atoms with van der Waals surface area (Å²) in [6.07, 6.45) is 10.4. The molecule has 2 atom stereocenters. The van der Waals surface area contributed by atoms with Crippen molar-refractivity contribution in [1.82, 2.24) is 19.4 Å². The van der Waals surface area contributed by atoms with Crippen LogP contribution in [-0.4, -0.2) is 36.3 Å². The molecular formula is C29H30N6O3. The Hall–Kier alpha value is -4.27. The zero-order valence-electron chi connectivity index (χ0n) is 21.2. The highest BCUT2D eigenvalue weighted by atomic mass is 16.4. The zero-order chi connectivity index (χ0) is 26.4. The maximum atomic E-state index is 12.9. The van der Waals surface area contributed by atoms with Crippen molar-refractivity contribution in [3.05, 3.63) is 71.9 Å². The summed E-state index contributed by atoms with van der Waals surface area (Å²) in [4.78, 5) is 38.4. The van der Waals surface area contributed by atoms with E-state index < -0.39 is 11.4 Å². The van der Waals surface area contributed by atoms with Crippen LogP contribution in [0, 0.1) is 5.41 Å². The van der Waals surface area contributed by atoms with E-state index >= 15 is 0 Å². The molecule has 1 amide bonds. The molecular weight excluding hydrogens is 480 g/mol. The first kappa shape index (κ1) is 24.1.